The fourth-order valence-electron chi connectivity index (χ4n) is 3.46. The summed E-state index contributed by atoms with van der Waals surface area (Å²) >= 11 is 0. The van der Waals surface area contributed by atoms with Crippen LogP contribution in [0.5, 0.6) is 0 Å². The largest absolute Gasteiger partial charge is 0.359 e. The second-order valence-corrected chi connectivity index (χ2v) is 6.55. The topological polar surface area (TPSA) is 48.1 Å². The average molecular weight is 321 g/mol. The van der Waals surface area contributed by atoms with Crippen molar-refractivity contribution in [1.82, 2.24) is 19.9 Å². The molecule has 1 N–H and O–H groups in total. The molecule has 24 heavy (non-hydrogen) atoms. The van der Waals surface area contributed by atoms with E-state index in [9.17, 15) is 0 Å². The first-order valence-electron chi connectivity index (χ1n) is 8.58. The molecule has 0 unspecified atom stereocenters. The molecule has 4 rings (SSSR count). The molecule has 2 aromatic heterocycles. The molecule has 1 atom stereocenters. The van der Waals surface area contributed by atoms with Gasteiger partial charge in [-0.3, -0.25) is 4.90 Å². The summed E-state index contributed by atoms with van der Waals surface area (Å²) in [6.45, 7) is 3.27. The third-order valence-electron chi connectivity index (χ3n) is 4.99. The first-order chi connectivity index (χ1) is 11.8. The van der Waals surface area contributed by atoms with E-state index in [1.54, 1.807) is 6.33 Å². The number of fused-ring (bicyclic) bond motifs is 1. The van der Waals surface area contributed by atoms with E-state index in [0.717, 1.165) is 29.9 Å². The average Bonchev–Trinajstić information content (AvgIpc) is 3.08. The predicted molar refractivity (Wildman–Crippen MR) is 97.0 cm³/mol. The monoisotopic (exact) mass is 321 g/mol. The van der Waals surface area contributed by atoms with Gasteiger partial charge in [-0.15, -0.1) is 0 Å². The number of aromatic nitrogens is 3. The quantitative estimate of drug-likeness (QED) is 0.758. The molecule has 0 radical (unpaired) electrons. The van der Waals surface area contributed by atoms with Crippen LogP contribution in [0.25, 0.3) is 11.0 Å². The van der Waals surface area contributed by atoms with Crippen molar-refractivity contribution in [3.63, 3.8) is 0 Å². The van der Waals surface area contributed by atoms with Gasteiger partial charge in [-0.1, -0.05) is 30.3 Å². The Morgan fingerprint density at radius 1 is 1.21 bits per heavy atom. The molecule has 1 fully saturated rings. The Bertz CT molecular complexity index is 798. The maximum absolute atomic E-state index is 4.47. The lowest BCUT2D eigenvalue weighted by molar-refractivity contribution is 0.0769. The van der Waals surface area contributed by atoms with E-state index in [4.69, 9.17) is 0 Å². The van der Waals surface area contributed by atoms with Crippen LogP contribution < -0.4 is 4.90 Å². The van der Waals surface area contributed by atoms with Gasteiger partial charge in [0.25, 0.3) is 0 Å². The number of likely N-dealkylation sites (tertiary alicyclic amines) is 1. The highest BCUT2D eigenvalue weighted by molar-refractivity contribution is 5.87. The highest BCUT2D eigenvalue weighted by Crippen LogP contribution is 2.25. The number of aromatic amines is 1. The van der Waals surface area contributed by atoms with E-state index >= 15 is 0 Å². The zero-order valence-electron chi connectivity index (χ0n) is 14.0. The number of rotatable bonds is 6. The Morgan fingerprint density at radius 3 is 2.88 bits per heavy atom. The minimum absolute atomic E-state index is 0.677. The molecule has 3 aromatic rings. The van der Waals surface area contributed by atoms with Crippen molar-refractivity contribution < 1.29 is 0 Å². The SMILES string of the molecule is CN(CC[C@@H]1CCN1Cc1ccccc1)c1ncnc2[nH]ccc12. The number of anilines is 1. The number of benzene rings is 1. The summed E-state index contributed by atoms with van der Waals surface area (Å²) < 4.78 is 0. The van der Waals surface area contributed by atoms with Crippen LogP contribution in [-0.4, -0.2) is 46.0 Å². The maximum Gasteiger partial charge on any atom is 0.142 e. The summed E-state index contributed by atoms with van der Waals surface area (Å²) in [5.41, 5.74) is 2.31. The standard InChI is InChI=1S/C19H23N5/c1-23(19-17-7-10-20-18(17)21-14-22-19)11-8-16-9-12-24(16)13-15-5-3-2-4-6-15/h2-7,10,14,16H,8-9,11-13H2,1H3,(H,20,21,22)/t16-/m1/s1. The Hall–Kier alpha value is -2.40. The van der Waals surface area contributed by atoms with Crippen molar-refractivity contribution in [2.75, 3.05) is 25.0 Å². The molecule has 0 aliphatic carbocycles. The van der Waals surface area contributed by atoms with E-state index in [2.05, 4.69) is 62.1 Å². The summed E-state index contributed by atoms with van der Waals surface area (Å²) in [7, 11) is 2.12. The second-order valence-electron chi connectivity index (χ2n) is 6.55. The Balaban J connectivity index is 1.36. The lowest BCUT2D eigenvalue weighted by Gasteiger charge is -2.42. The van der Waals surface area contributed by atoms with Gasteiger partial charge in [0.2, 0.25) is 0 Å². The van der Waals surface area contributed by atoms with E-state index in [0.29, 0.717) is 6.04 Å². The van der Waals surface area contributed by atoms with Crippen molar-refractivity contribution in [2.24, 2.45) is 0 Å². The van der Waals surface area contributed by atoms with Gasteiger partial charge in [-0.2, -0.15) is 0 Å². The van der Waals surface area contributed by atoms with Gasteiger partial charge in [-0.25, -0.2) is 9.97 Å². The van der Waals surface area contributed by atoms with Gasteiger partial charge in [0.05, 0.1) is 5.39 Å². The lowest BCUT2D eigenvalue weighted by atomic mass is 9.98. The van der Waals surface area contributed by atoms with E-state index in [1.807, 2.05) is 12.3 Å². The molecule has 1 saturated heterocycles. The molecular weight excluding hydrogens is 298 g/mol. The van der Waals surface area contributed by atoms with Crippen molar-refractivity contribution in [3.05, 3.63) is 54.5 Å². The van der Waals surface area contributed by atoms with Gasteiger partial charge < -0.3 is 9.88 Å². The fraction of sp³-hybridized carbons (Fsp3) is 0.368. The van der Waals surface area contributed by atoms with E-state index in [1.165, 1.54) is 24.9 Å². The first-order valence-corrected chi connectivity index (χ1v) is 8.58. The molecule has 0 amide bonds. The van der Waals surface area contributed by atoms with Crippen LogP contribution in [0.3, 0.4) is 0 Å². The molecular formula is C19H23N5. The summed E-state index contributed by atoms with van der Waals surface area (Å²) in [5, 5.41) is 1.09. The first kappa shape index (κ1) is 15.1. The van der Waals surface area contributed by atoms with E-state index in [-0.39, 0.29) is 0 Å². The highest BCUT2D eigenvalue weighted by Gasteiger charge is 2.27. The lowest BCUT2D eigenvalue weighted by Crippen LogP contribution is -2.48. The van der Waals surface area contributed by atoms with Crippen molar-refractivity contribution in [3.8, 4) is 0 Å². The summed E-state index contributed by atoms with van der Waals surface area (Å²) in [4.78, 5) is 16.7. The normalized spacial score (nSPS) is 17.8. The maximum atomic E-state index is 4.47. The molecule has 0 spiro atoms. The smallest absolute Gasteiger partial charge is 0.142 e. The van der Waals surface area contributed by atoms with Crippen LogP contribution in [0, 0.1) is 0 Å². The fourth-order valence-corrected chi connectivity index (χ4v) is 3.46. The van der Waals surface area contributed by atoms with Crippen molar-refractivity contribution >= 4 is 16.9 Å². The minimum atomic E-state index is 0.677. The van der Waals surface area contributed by atoms with Gasteiger partial charge in [0.1, 0.15) is 17.8 Å². The number of hydrogen-bond acceptors (Lipinski definition) is 4. The van der Waals surface area contributed by atoms with Gasteiger partial charge in [-0.05, 0) is 24.5 Å². The second kappa shape index (κ2) is 6.61. The predicted octanol–water partition coefficient (Wildman–Crippen LogP) is 3.06. The van der Waals surface area contributed by atoms with Crippen LogP contribution in [-0.2, 0) is 6.54 Å². The molecule has 5 nitrogen and oxygen atoms in total. The molecule has 5 heteroatoms. The summed E-state index contributed by atoms with van der Waals surface area (Å²) in [5.74, 6) is 1.01. The van der Waals surface area contributed by atoms with Crippen LogP contribution in [0.1, 0.15) is 18.4 Å². The molecule has 124 valence electrons. The molecule has 3 heterocycles. The van der Waals surface area contributed by atoms with Crippen LogP contribution in [0.15, 0.2) is 48.9 Å². The Kier molecular flexibility index (Phi) is 4.17. The number of hydrogen-bond donors (Lipinski definition) is 1. The van der Waals surface area contributed by atoms with Gasteiger partial charge in [0.15, 0.2) is 0 Å². The van der Waals surface area contributed by atoms with Gasteiger partial charge >= 0.3 is 0 Å². The number of nitrogens with one attached hydrogen (secondary N) is 1. The summed E-state index contributed by atoms with van der Waals surface area (Å²) in [6, 6.07) is 13.5. The number of H-pyrrole nitrogens is 1. The molecule has 0 bridgehead atoms. The van der Waals surface area contributed by atoms with Crippen LogP contribution in [0.2, 0.25) is 0 Å². The molecule has 1 aromatic carbocycles. The molecule has 0 saturated carbocycles. The zero-order valence-corrected chi connectivity index (χ0v) is 14.0. The van der Waals surface area contributed by atoms with Gasteiger partial charge in [0, 0.05) is 38.9 Å². The molecule has 1 aliphatic rings. The van der Waals surface area contributed by atoms with E-state index < -0.39 is 0 Å². The Morgan fingerprint density at radius 2 is 2.08 bits per heavy atom. The Labute approximate surface area is 142 Å². The summed E-state index contributed by atoms with van der Waals surface area (Å²) in [6.07, 6.45) is 6.02. The van der Waals surface area contributed by atoms with Crippen LogP contribution in [0.4, 0.5) is 5.82 Å². The third-order valence-corrected chi connectivity index (χ3v) is 4.99. The number of nitrogens with zero attached hydrogens (tertiary/aromatic N) is 4. The third kappa shape index (κ3) is 2.99. The van der Waals surface area contributed by atoms with Crippen molar-refractivity contribution in [2.45, 2.75) is 25.4 Å². The zero-order chi connectivity index (χ0) is 16.4. The van der Waals surface area contributed by atoms with Crippen LogP contribution >= 0.6 is 0 Å². The molecule has 1 aliphatic heterocycles. The van der Waals surface area contributed by atoms with Crippen molar-refractivity contribution in [1.29, 1.82) is 0 Å². The highest BCUT2D eigenvalue weighted by atomic mass is 15.2. The minimum Gasteiger partial charge on any atom is -0.359 e.